The number of aryl methyl sites for hydroxylation is 1. The molecule has 0 fully saturated rings. The fourth-order valence-electron chi connectivity index (χ4n) is 2.47. The predicted molar refractivity (Wildman–Crippen MR) is 71.3 cm³/mol. The number of nitrogens with zero attached hydrogens (tertiary/aromatic N) is 2. The van der Waals surface area contributed by atoms with Crippen LogP contribution >= 0.6 is 0 Å². The largest absolute Gasteiger partial charge is 0.350 e. The maximum Gasteiger partial charge on any atom is 0.231 e. The molecule has 1 aromatic rings. The lowest BCUT2D eigenvalue weighted by atomic mass is 9.92. The van der Waals surface area contributed by atoms with E-state index in [2.05, 4.69) is 35.6 Å². The van der Waals surface area contributed by atoms with E-state index >= 15 is 0 Å². The highest BCUT2D eigenvalue weighted by Crippen LogP contribution is 2.27. The molecule has 4 nitrogen and oxygen atoms in total. The van der Waals surface area contributed by atoms with Crippen LogP contribution in [-0.2, 0) is 11.3 Å². The average Bonchev–Trinajstić information content (AvgIpc) is 2.86. The van der Waals surface area contributed by atoms with Gasteiger partial charge in [0.05, 0.1) is 5.92 Å². The van der Waals surface area contributed by atoms with Crippen molar-refractivity contribution < 1.29 is 4.79 Å². The molecule has 0 saturated heterocycles. The van der Waals surface area contributed by atoms with Gasteiger partial charge < -0.3 is 9.88 Å². The number of carbonyl (C=O) groups is 1. The Morgan fingerprint density at radius 1 is 1.56 bits per heavy atom. The smallest absolute Gasteiger partial charge is 0.231 e. The summed E-state index contributed by atoms with van der Waals surface area (Å²) in [5.74, 6) is 0.979. The molecule has 0 saturated carbocycles. The standard InChI is InChI=1S/C14H23N3O/c1-4-14(3,5-2)16-13(18)11-7-6-9-17-10-8-15-12(11)17/h8,10-11H,4-7,9H2,1-3H3,(H,16,18)/t11-/m0/s1. The summed E-state index contributed by atoms with van der Waals surface area (Å²) >= 11 is 0. The van der Waals surface area contributed by atoms with Crippen molar-refractivity contribution >= 4 is 5.91 Å². The van der Waals surface area contributed by atoms with Gasteiger partial charge in [0.15, 0.2) is 0 Å². The number of carbonyl (C=O) groups excluding carboxylic acids is 1. The molecule has 1 amide bonds. The third-order valence-corrected chi connectivity index (χ3v) is 4.25. The Hall–Kier alpha value is -1.32. The highest BCUT2D eigenvalue weighted by Gasteiger charge is 2.31. The molecule has 4 heteroatoms. The van der Waals surface area contributed by atoms with E-state index in [-0.39, 0.29) is 17.4 Å². The van der Waals surface area contributed by atoms with Crippen LogP contribution in [0.15, 0.2) is 12.4 Å². The van der Waals surface area contributed by atoms with Gasteiger partial charge in [0, 0.05) is 24.5 Å². The van der Waals surface area contributed by atoms with E-state index in [1.54, 1.807) is 6.20 Å². The number of amides is 1. The first-order valence-electron chi connectivity index (χ1n) is 6.92. The Bertz CT molecular complexity index is 420. The summed E-state index contributed by atoms with van der Waals surface area (Å²) in [5.41, 5.74) is -0.0913. The van der Waals surface area contributed by atoms with Crippen molar-refractivity contribution in [3.8, 4) is 0 Å². The van der Waals surface area contributed by atoms with E-state index in [9.17, 15) is 4.79 Å². The lowest BCUT2D eigenvalue weighted by Crippen LogP contribution is -2.47. The fraction of sp³-hybridized carbons (Fsp3) is 0.714. The van der Waals surface area contributed by atoms with Crippen molar-refractivity contribution in [2.24, 2.45) is 0 Å². The minimum absolute atomic E-state index is 0.0776. The summed E-state index contributed by atoms with van der Waals surface area (Å²) < 4.78 is 2.10. The molecule has 0 aliphatic carbocycles. The second-order valence-corrected chi connectivity index (χ2v) is 5.43. The molecule has 1 atom stereocenters. The van der Waals surface area contributed by atoms with Crippen LogP contribution in [0.2, 0.25) is 0 Å². The molecule has 1 aromatic heterocycles. The maximum absolute atomic E-state index is 12.4. The number of rotatable bonds is 4. The van der Waals surface area contributed by atoms with Crippen LogP contribution in [0.25, 0.3) is 0 Å². The second-order valence-electron chi connectivity index (χ2n) is 5.43. The van der Waals surface area contributed by atoms with Gasteiger partial charge in [0.1, 0.15) is 5.82 Å². The molecule has 0 radical (unpaired) electrons. The quantitative estimate of drug-likeness (QED) is 0.891. The first kappa shape index (κ1) is 13.1. The maximum atomic E-state index is 12.4. The van der Waals surface area contributed by atoms with Crippen LogP contribution in [0.4, 0.5) is 0 Å². The highest BCUT2D eigenvalue weighted by atomic mass is 16.2. The number of hydrogen-bond acceptors (Lipinski definition) is 2. The summed E-state index contributed by atoms with van der Waals surface area (Å²) in [5, 5.41) is 3.20. The molecule has 0 unspecified atom stereocenters. The monoisotopic (exact) mass is 249 g/mol. The van der Waals surface area contributed by atoms with E-state index < -0.39 is 0 Å². The SMILES string of the molecule is CCC(C)(CC)NC(=O)[C@H]1CCCn2ccnc21. The molecule has 0 bridgehead atoms. The van der Waals surface area contributed by atoms with Gasteiger partial charge in [-0.1, -0.05) is 13.8 Å². The minimum Gasteiger partial charge on any atom is -0.350 e. The van der Waals surface area contributed by atoms with Gasteiger partial charge in [-0.25, -0.2) is 4.98 Å². The van der Waals surface area contributed by atoms with Crippen LogP contribution < -0.4 is 5.32 Å². The Kier molecular flexibility index (Phi) is 3.73. The zero-order valence-electron chi connectivity index (χ0n) is 11.6. The first-order valence-corrected chi connectivity index (χ1v) is 6.92. The van der Waals surface area contributed by atoms with Crippen molar-refractivity contribution in [2.45, 2.75) is 64.5 Å². The van der Waals surface area contributed by atoms with Gasteiger partial charge in [-0.05, 0) is 32.6 Å². The zero-order valence-corrected chi connectivity index (χ0v) is 11.6. The topological polar surface area (TPSA) is 46.9 Å². The van der Waals surface area contributed by atoms with Crippen molar-refractivity contribution in [1.29, 1.82) is 0 Å². The van der Waals surface area contributed by atoms with Gasteiger partial charge in [-0.2, -0.15) is 0 Å². The fourth-order valence-corrected chi connectivity index (χ4v) is 2.47. The van der Waals surface area contributed by atoms with Crippen LogP contribution in [0.5, 0.6) is 0 Å². The molecule has 18 heavy (non-hydrogen) atoms. The van der Waals surface area contributed by atoms with Gasteiger partial charge in [-0.3, -0.25) is 4.79 Å². The molecule has 1 aliphatic heterocycles. The van der Waals surface area contributed by atoms with Crippen LogP contribution in [0.1, 0.15) is 58.2 Å². The Morgan fingerprint density at radius 3 is 2.94 bits per heavy atom. The molecule has 100 valence electrons. The molecule has 0 spiro atoms. The number of imidazole rings is 1. The summed E-state index contributed by atoms with van der Waals surface area (Å²) in [6, 6.07) is 0. The second kappa shape index (κ2) is 5.12. The van der Waals surface area contributed by atoms with E-state index in [0.717, 1.165) is 38.1 Å². The minimum atomic E-state index is -0.0913. The van der Waals surface area contributed by atoms with Crippen molar-refractivity contribution in [1.82, 2.24) is 14.9 Å². The lowest BCUT2D eigenvalue weighted by molar-refractivity contribution is -0.125. The Labute approximate surface area is 109 Å². The van der Waals surface area contributed by atoms with E-state index in [1.165, 1.54) is 0 Å². The van der Waals surface area contributed by atoms with Crippen molar-refractivity contribution in [2.75, 3.05) is 0 Å². The normalized spacial score (nSPS) is 19.4. The van der Waals surface area contributed by atoms with Gasteiger partial charge in [0.2, 0.25) is 5.91 Å². The van der Waals surface area contributed by atoms with Crippen LogP contribution in [-0.4, -0.2) is 21.0 Å². The molecular formula is C14H23N3O. The van der Waals surface area contributed by atoms with Gasteiger partial charge >= 0.3 is 0 Å². The molecule has 1 N–H and O–H groups in total. The zero-order chi connectivity index (χ0) is 13.2. The summed E-state index contributed by atoms with van der Waals surface area (Å²) in [6.45, 7) is 7.33. The third kappa shape index (κ3) is 2.42. The van der Waals surface area contributed by atoms with Gasteiger partial charge in [0.25, 0.3) is 0 Å². The third-order valence-electron chi connectivity index (χ3n) is 4.25. The number of aromatic nitrogens is 2. The number of fused-ring (bicyclic) bond motifs is 1. The number of nitrogens with one attached hydrogen (secondary N) is 1. The summed E-state index contributed by atoms with van der Waals surface area (Å²) in [6.07, 6.45) is 7.63. The van der Waals surface area contributed by atoms with E-state index in [0.29, 0.717) is 0 Å². The van der Waals surface area contributed by atoms with Crippen LogP contribution in [0.3, 0.4) is 0 Å². The first-order chi connectivity index (χ1) is 8.59. The molecule has 2 heterocycles. The summed E-state index contributed by atoms with van der Waals surface area (Å²) in [7, 11) is 0. The predicted octanol–water partition coefficient (Wildman–Crippen LogP) is 2.46. The van der Waals surface area contributed by atoms with Crippen LogP contribution in [0, 0.1) is 0 Å². The molecular weight excluding hydrogens is 226 g/mol. The van der Waals surface area contributed by atoms with E-state index in [4.69, 9.17) is 0 Å². The molecule has 0 aromatic carbocycles. The highest BCUT2D eigenvalue weighted by molar-refractivity contribution is 5.83. The lowest BCUT2D eigenvalue weighted by Gasteiger charge is -2.31. The Balaban J connectivity index is 2.12. The average molecular weight is 249 g/mol. The Morgan fingerprint density at radius 2 is 2.28 bits per heavy atom. The molecule has 1 aliphatic rings. The van der Waals surface area contributed by atoms with E-state index in [1.807, 2.05) is 6.20 Å². The molecule has 2 rings (SSSR count). The summed E-state index contributed by atoms with van der Waals surface area (Å²) in [4.78, 5) is 16.8. The van der Waals surface area contributed by atoms with Gasteiger partial charge in [-0.15, -0.1) is 0 Å². The van der Waals surface area contributed by atoms with Crippen molar-refractivity contribution in [3.05, 3.63) is 18.2 Å². The van der Waals surface area contributed by atoms with Crippen molar-refractivity contribution in [3.63, 3.8) is 0 Å². The number of hydrogen-bond donors (Lipinski definition) is 1.